The van der Waals surface area contributed by atoms with E-state index in [1.807, 2.05) is 6.07 Å². The summed E-state index contributed by atoms with van der Waals surface area (Å²) in [6.45, 7) is 4.26. The fourth-order valence-corrected chi connectivity index (χ4v) is 3.25. The smallest absolute Gasteiger partial charge is 0.339 e. The van der Waals surface area contributed by atoms with Crippen molar-refractivity contribution in [1.29, 1.82) is 0 Å². The molecule has 3 heterocycles. The van der Waals surface area contributed by atoms with Gasteiger partial charge in [0.2, 0.25) is 0 Å². The van der Waals surface area contributed by atoms with Crippen molar-refractivity contribution in [1.82, 2.24) is 15.2 Å². The minimum Gasteiger partial charge on any atom is -0.465 e. The highest BCUT2D eigenvalue weighted by molar-refractivity contribution is 5.88. The molecule has 0 spiro atoms. The number of ether oxygens (including phenoxy) is 1. The molecule has 2 aliphatic heterocycles. The molecule has 20 heavy (non-hydrogen) atoms. The maximum atomic E-state index is 11.4. The van der Waals surface area contributed by atoms with Crippen LogP contribution in [0.3, 0.4) is 0 Å². The summed E-state index contributed by atoms with van der Waals surface area (Å²) >= 11 is 0. The standard InChI is InChI=1S/C15H21N3O2/c1-20-15(19)11-4-5-13(17-7-11)9-18-8-12-3-2-6-16-14(12)10-18/h4-5,7,12,14,16H,2-3,6,8-10H2,1H3. The Hall–Kier alpha value is -1.46. The largest absolute Gasteiger partial charge is 0.465 e. The molecule has 3 rings (SSSR count). The molecule has 2 unspecified atom stereocenters. The third-order valence-electron chi connectivity index (χ3n) is 4.31. The summed E-state index contributed by atoms with van der Waals surface area (Å²) < 4.78 is 4.68. The van der Waals surface area contributed by atoms with Crippen LogP contribution in [0.2, 0.25) is 0 Å². The highest BCUT2D eigenvalue weighted by Gasteiger charge is 2.34. The Balaban J connectivity index is 1.59. The number of carbonyl (C=O) groups is 1. The monoisotopic (exact) mass is 275 g/mol. The van der Waals surface area contributed by atoms with Gasteiger partial charge in [-0.25, -0.2) is 4.79 Å². The van der Waals surface area contributed by atoms with Gasteiger partial charge in [-0.15, -0.1) is 0 Å². The lowest BCUT2D eigenvalue weighted by molar-refractivity contribution is 0.0600. The number of piperidine rings is 1. The second-order valence-corrected chi connectivity index (χ2v) is 5.69. The minimum absolute atomic E-state index is 0.333. The predicted octanol–water partition coefficient (Wildman–Crippen LogP) is 1.05. The lowest BCUT2D eigenvalue weighted by Crippen LogP contribution is -2.40. The molecule has 1 N–H and O–H groups in total. The Bertz CT molecular complexity index is 461. The molecular weight excluding hydrogens is 254 g/mol. The zero-order valence-electron chi connectivity index (χ0n) is 11.8. The lowest BCUT2D eigenvalue weighted by Gasteiger charge is -2.24. The number of nitrogens with zero attached hydrogens (tertiary/aromatic N) is 2. The molecule has 0 radical (unpaired) electrons. The number of aromatic nitrogens is 1. The van der Waals surface area contributed by atoms with Gasteiger partial charge in [-0.2, -0.15) is 0 Å². The van der Waals surface area contributed by atoms with Crippen molar-refractivity contribution in [2.45, 2.75) is 25.4 Å². The van der Waals surface area contributed by atoms with Crippen molar-refractivity contribution in [2.24, 2.45) is 5.92 Å². The van der Waals surface area contributed by atoms with Gasteiger partial charge in [0, 0.05) is 31.9 Å². The van der Waals surface area contributed by atoms with E-state index in [0.717, 1.165) is 37.8 Å². The molecule has 1 aromatic rings. The number of fused-ring (bicyclic) bond motifs is 1. The fourth-order valence-electron chi connectivity index (χ4n) is 3.25. The van der Waals surface area contributed by atoms with Crippen molar-refractivity contribution in [2.75, 3.05) is 26.7 Å². The summed E-state index contributed by atoms with van der Waals surface area (Å²) in [5.74, 6) is 0.457. The number of methoxy groups -OCH3 is 1. The van der Waals surface area contributed by atoms with Crippen LogP contribution >= 0.6 is 0 Å². The van der Waals surface area contributed by atoms with Crippen molar-refractivity contribution < 1.29 is 9.53 Å². The first kappa shape index (κ1) is 13.5. The molecule has 0 saturated carbocycles. The summed E-state index contributed by atoms with van der Waals surface area (Å²) in [4.78, 5) is 18.2. The van der Waals surface area contributed by atoms with E-state index in [2.05, 4.69) is 19.9 Å². The normalized spacial score (nSPS) is 26.2. The van der Waals surface area contributed by atoms with Crippen LogP contribution in [0.25, 0.3) is 0 Å². The van der Waals surface area contributed by atoms with Gasteiger partial charge in [0.25, 0.3) is 0 Å². The number of esters is 1. The third-order valence-corrected chi connectivity index (χ3v) is 4.31. The zero-order chi connectivity index (χ0) is 13.9. The summed E-state index contributed by atoms with van der Waals surface area (Å²) in [6.07, 6.45) is 4.23. The number of carbonyl (C=O) groups excluding carboxylic acids is 1. The van der Waals surface area contributed by atoms with Gasteiger partial charge >= 0.3 is 5.97 Å². The van der Waals surface area contributed by atoms with Gasteiger partial charge in [0.1, 0.15) is 0 Å². The van der Waals surface area contributed by atoms with Crippen LogP contribution in [0.5, 0.6) is 0 Å². The van der Waals surface area contributed by atoms with E-state index in [1.54, 1.807) is 12.3 Å². The van der Waals surface area contributed by atoms with Crippen LogP contribution in [-0.4, -0.2) is 48.6 Å². The van der Waals surface area contributed by atoms with Gasteiger partial charge in [-0.05, 0) is 37.4 Å². The first-order chi connectivity index (χ1) is 9.76. The van der Waals surface area contributed by atoms with Crippen molar-refractivity contribution in [3.63, 3.8) is 0 Å². The average Bonchev–Trinajstić information content (AvgIpc) is 2.89. The second kappa shape index (κ2) is 5.89. The maximum Gasteiger partial charge on any atom is 0.339 e. The number of likely N-dealkylation sites (tertiary alicyclic amines) is 1. The molecule has 2 atom stereocenters. The first-order valence-corrected chi connectivity index (χ1v) is 7.25. The average molecular weight is 275 g/mol. The summed E-state index contributed by atoms with van der Waals surface area (Å²) in [6, 6.07) is 4.36. The molecule has 0 bridgehead atoms. The number of pyridine rings is 1. The Morgan fingerprint density at radius 3 is 3.10 bits per heavy atom. The molecule has 5 nitrogen and oxygen atoms in total. The van der Waals surface area contributed by atoms with E-state index in [1.165, 1.54) is 20.0 Å². The number of rotatable bonds is 3. The van der Waals surface area contributed by atoms with Crippen LogP contribution in [0.1, 0.15) is 28.9 Å². The number of hydrogen-bond acceptors (Lipinski definition) is 5. The Morgan fingerprint density at radius 2 is 2.40 bits per heavy atom. The van der Waals surface area contributed by atoms with Crippen molar-refractivity contribution >= 4 is 5.97 Å². The Labute approximate surface area is 119 Å². The minimum atomic E-state index is -0.333. The van der Waals surface area contributed by atoms with Crippen LogP contribution in [0.4, 0.5) is 0 Å². The summed E-state index contributed by atoms with van der Waals surface area (Å²) in [5, 5.41) is 3.61. The maximum absolute atomic E-state index is 11.4. The highest BCUT2D eigenvalue weighted by Crippen LogP contribution is 2.25. The van der Waals surface area contributed by atoms with Gasteiger partial charge in [0.05, 0.1) is 18.4 Å². The first-order valence-electron chi connectivity index (χ1n) is 7.25. The molecule has 0 aliphatic carbocycles. The lowest BCUT2D eigenvalue weighted by atomic mass is 9.94. The van der Waals surface area contributed by atoms with Crippen LogP contribution < -0.4 is 5.32 Å². The predicted molar refractivity (Wildman–Crippen MR) is 75.4 cm³/mol. The zero-order valence-corrected chi connectivity index (χ0v) is 11.8. The Kier molecular flexibility index (Phi) is 3.98. The molecular formula is C15H21N3O2. The van der Waals surface area contributed by atoms with E-state index in [-0.39, 0.29) is 5.97 Å². The topological polar surface area (TPSA) is 54.5 Å². The van der Waals surface area contributed by atoms with E-state index < -0.39 is 0 Å². The fraction of sp³-hybridized carbons (Fsp3) is 0.600. The van der Waals surface area contributed by atoms with Crippen molar-refractivity contribution in [3.05, 3.63) is 29.6 Å². The molecule has 2 saturated heterocycles. The van der Waals surface area contributed by atoms with Crippen LogP contribution in [0, 0.1) is 5.92 Å². The molecule has 0 amide bonds. The van der Waals surface area contributed by atoms with E-state index in [9.17, 15) is 4.79 Å². The molecule has 5 heteroatoms. The van der Waals surface area contributed by atoms with Gasteiger partial charge in [-0.1, -0.05) is 0 Å². The van der Waals surface area contributed by atoms with E-state index >= 15 is 0 Å². The van der Waals surface area contributed by atoms with Gasteiger partial charge in [-0.3, -0.25) is 9.88 Å². The molecule has 2 fully saturated rings. The summed E-state index contributed by atoms with van der Waals surface area (Å²) in [7, 11) is 1.38. The number of nitrogens with one attached hydrogen (secondary N) is 1. The molecule has 0 aromatic carbocycles. The van der Waals surface area contributed by atoms with Gasteiger partial charge < -0.3 is 10.1 Å². The third kappa shape index (κ3) is 2.83. The second-order valence-electron chi connectivity index (χ2n) is 5.69. The SMILES string of the molecule is COC(=O)c1ccc(CN2CC3CCCNC3C2)nc1. The van der Waals surface area contributed by atoms with Crippen LogP contribution in [-0.2, 0) is 11.3 Å². The summed E-state index contributed by atoms with van der Waals surface area (Å²) in [5.41, 5.74) is 1.52. The molecule has 1 aromatic heterocycles. The highest BCUT2D eigenvalue weighted by atomic mass is 16.5. The molecule has 108 valence electrons. The number of hydrogen-bond donors (Lipinski definition) is 1. The van der Waals surface area contributed by atoms with Crippen LogP contribution in [0.15, 0.2) is 18.3 Å². The Morgan fingerprint density at radius 1 is 1.50 bits per heavy atom. The van der Waals surface area contributed by atoms with E-state index in [0.29, 0.717) is 11.6 Å². The van der Waals surface area contributed by atoms with E-state index in [4.69, 9.17) is 0 Å². The van der Waals surface area contributed by atoms with Crippen molar-refractivity contribution in [3.8, 4) is 0 Å². The molecule has 2 aliphatic rings. The quantitative estimate of drug-likeness (QED) is 0.836. The van der Waals surface area contributed by atoms with Gasteiger partial charge in [0.15, 0.2) is 0 Å².